The molecule has 1 heterocycles. The van der Waals surface area contributed by atoms with Gasteiger partial charge in [0.2, 0.25) is 0 Å². The lowest BCUT2D eigenvalue weighted by Crippen LogP contribution is -2.55. The minimum absolute atomic E-state index is 0.0110. The van der Waals surface area contributed by atoms with E-state index in [-0.39, 0.29) is 35.9 Å². The van der Waals surface area contributed by atoms with Crippen LogP contribution < -0.4 is 15.5 Å². The van der Waals surface area contributed by atoms with Crippen molar-refractivity contribution in [1.82, 2.24) is 10.2 Å². The Bertz CT molecular complexity index is 1510. The van der Waals surface area contributed by atoms with Gasteiger partial charge in [-0.3, -0.25) is 14.4 Å². The van der Waals surface area contributed by atoms with Gasteiger partial charge in [-0.15, -0.1) is 0 Å². The van der Waals surface area contributed by atoms with Gasteiger partial charge in [-0.25, -0.2) is 14.5 Å². The van der Waals surface area contributed by atoms with Gasteiger partial charge in [0.25, 0.3) is 17.7 Å². The first kappa shape index (κ1) is 35.5. The molecule has 2 atom stereocenters. The first-order valence-electron chi connectivity index (χ1n) is 14.4. The summed E-state index contributed by atoms with van der Waals surface area (Å²) in [5.74, 6) is -2.01. The quantitative estimate of drug-likeness (QED) is 0.406. The third kappa shape index (κ3) is 9.26. The Morgan fingerprint density at radius 1 is 1.07 bits per heavy atom. The number of amides is 5. The van der Waals surface area contributed by atoms with E-state index in [0.717, 1.165) is 0 Å². The molecule has 5 amide bonds. The fourth-order valence-electron chi connectivity index (χ4n) is 4.32. The molecule has 0 aliphatic carbocycles. The van der Waals surface area contributed by atoms with Gasteiger partial charge in [0, 0.05) is 30.5 Å². The van der Waals surface area contributed by atoms with E-state index in [4.69, 9.17) is 14.2 Å². The van der Waals surface area contributed by atoms with Crippen molar-refractivity contribution in [2.24, 2.45) is 0 Å². The van der Waals surface area contributed by atoms with Crippen molar-refractivity contribution in [3.05, 3.63) is 59.2 Å². The van der Waals surface area contributed by atoms with Crippen LogP contribution in [0.4, 0.5) is 21.0 Å². The average Bonchev–Trinajstić information content (AvgIpc) is 2.97. The number of hydrogen-bond donors (Lipinski definition) is 3. The van der Waals surface area contributed by atoms with E-state index >= 15 is 0 Å². The van der Waals surface area contributed by atoms with Crippen molar-refractivity contribution in [2.45, 2.75) is 71.5 Å². The Morgan fingerprint density at radius 3 is 2.26 bits per heavy atom. The summed E-state index contributed by atoms with van der Waals surface area (Å²) in [6.45, 7) is 9.47. The highest BCUT2D eigenvalue weighted by molar-refractivity contribution is 6.04. The minimum atomic E-state index is -1.93. The van der Waals surface area contributed by atoms with Crippen LogP contribution in [0.15, 0.2) is 42.5 Å². The van der Waals surface area contributed by atoms with Crippen LogP contribution in [0.1, 0.15) is 63.0 Å². The molecule has 3 rings (SSSR count). The van der Waals surface area contributed by atoms with Crippen LogP contribution in [-0.4, -0.2) is 83.5 Å². The van der Waals surface area contributed by atoms with Gasteiger partial charge in [-0.1, -0.05) is 6.07 Å². The number of carbonyl (C=O) groups excluding carboxylic acids is 5. The molecule has 14 heteroatoms. The van der Waals surface area contributed by atoms with E-state index in [1.165, 1.54) is 36.2 Å². The third-order valence-corrected chi connectivity index (χ3v) is 6.37. The van der Waals surface area contributed by atoms with Crippen molar-refractivity contribution >= 4 is 41.3 Å². The Kier molecular flexibility index (Phi) is 11.1. The number of nitriles is 1. The van der Waals surface area contributed by atoms with Crippen LogP contribution in [0.2, 0.25) is 0 Å². The topological polar surface area (TPSA) is 188 Å². The molecule has 1 saturated heterocycles. The van der Waals surface area contributed by atoms with Crippen molar-refractivity contribution in [3.63, 3.8) is 0 Å². The molecule has 0 aromatic heterocycles. The summed E-state index contributed by atoms with van der Waals surface area (Å²) in [6, 6.07) is 12.4. The summed E-state index contributed by atoms with van der Waals surface area (Å²) in [5, 5.41) is 25.6. The van der Waals surface area contributed by atoms with E-state index in [1.807, 2.05) is 6.07 Å². The number of rotatable bonds is 7. The van der Waals surface area contributed by atoms with Gasteiger partial charge in [0.15, 0.2) is 12.2 Å². The number of anilines is 2. The summed E-state index contributed by atoms with van der Waals surface area (Å²) in [6.07, 6.45) is -5.50. The minimum Gasteiger partial charge on any atom is -0.443 e. The number of aliphatic hydroxyl groups excluding tert-OH is 1. The zero-order valence-corrected chi connectivity index (χ0v) is 26.9. The molecule has 0 spiro atoms. The Labute approximate surface area is 267 Å². The number of hydrogen-bond acceptors (Lipinski definition) is 10. The summed E-state index contributed by atoms with van der Waals surface area (Å²) < 4.78 is 16.2. The molecule has 1 fully saturated rings. The molecular formula is C32H39N5O9. The van der Waals surface area contributed by atoms with Gasteiger partial charge < -0.3 is 34.9 Å². The summed E-state index contributed by atoms with van der Waals surface area (Å²) >= 11 is 0. The van der Waals surface area contributed by atoms with Gasteiger partial charge >= 0.3 is 12.2 Å². The van der Waals surface area contributed by atoms with Crippen LogP contribution in [-0.2, 0) is 30.3 Å². The summed E-state index contributed by atoms with van der Waals surface area (Å²) in [4.78, 5) is 66.5. The maximum atomic E-state index is 13.3. The third-order valence-electron chi connectivity index (χ3n) is 6.37. The molecule has 1 aliphatic heterocycles. The summed E-state index contributed by atoms with van der Waals surface area (Å²) in [7, 11) is 1.48. The van der Waals surface area contributed by atoms with Crippen molar-refractivity contribution < 1.29 is 43.3 Å². The molecule has 46 heavy (non-hydrogen) atoms. The molecule has 14 nitrogen and oxygen atoms in total. The smallest absolute Gasteiger partial charge is 0.420 e. The number of imide groups is 1. The molecule has 0 radical (unpaired) electrons. The number of nitrogens with one attached hydrogen (secondary N) is 2. The molecule has 1 aliphatic rings. The predicted octanol–water partition coefficient (Wildman–Crippen LogP) is 3.32. The number of aliphatic hydroxyl groups is 1. The lowest BCUT2D eigenvalue weighted by molar-refractivity contribution is -0.150. The maximum Gasteiger partial charge on any atom is 0.420 e. The normalized spacial score (nSPS) is 15.7. The predicted molar refractivity (Wildman–Crippen MR) is 166 cm³/mol. The molecule has 0 bridgehead atoms. The molecular weight excluding hydrogens is 598 g/mol. The van der Waals surface area contributed by atoms with E-state index in [0.29, 0.717) is 16.2 Å². The maximum absolute atomic E-state index is 13.3. The van der Waals surface area contributed by atoms with Crippen molar-refractivity contribution in [1.29, 1.82) is 5.26 Å². The van der Waals surface area contributed by atoms with Crippen LogP contribution >= 0.6 is 0 Å². The Balaban J connectivity index is 1.82. The van der Waals surface area contributed by atoms with Crippen LogP contribution in [0.5, 0.6) is 0 Å². The molecule has 0 saturated carbocycles. The number of morpholine rings is 1. The van der Waals surface area contributed by atoms with E-state index in [9.17, 15) is 34.3 Å². The average molecular weight is 638 g/mol. The fourth-order valence-corrected chi connectivity index (χ4v) is 4.32. The molecule has 246 valence electrons. The number of carbonyl (C=O) groups is 5. The second-order valence-corrected chi connectivity index (χ2v) is 12.4. The zero-order chi connectivity index (χ0) is 34.4. The second-order valence-electron chi connectivity index (χ2n) is 12.4. The van der Waals surface area contributed by atoms with Crippen LogP contribution in [0.3, 0.4) is 0 Å². The highest BCUT2D eigenvalue weighted by atomic mass is 16.6. The zero-order valence-electron chi connectivity index (χ0n) is 26.9. The number of nitrogens with zero attached hydrogens (tertiary/aromatic N) is 3. The number of ether oxygens (including phenoxy) is 3. The first-order chi connectivity index (χ1) is 21.4. The van der Waals surface area contributed by atoms with Gasteiger partial charge in [0.1, 0.15) is 11.2 Å². The molecule has 0 unspecified atom stereocenters. The van der Waals surface area contributed by atoms with E-state index < -0.39 is 54.0 Å². The molecule has 2 aromatic rings. The monoisotopic (exact) mass is 637 g/mol. The van der Waals surface area contributed by atoms with Gasteiger partial charge in [0.05, 0.1) is 24.8 Å². The highest BCUT2D eigenvalue weighted by Gasteiger charge is 2.40. The standard InChI is InChI=1S/C32H39N5O9/c1-31(2,3)45-29(42)37(30(43)46-32(4,5)6)18-21-15-22(12-11-20(21)17-33)35-27(40)24(38)25-28(41)36(13-14-44-25)23-10-8-9-19(16-23)26(39)34-7/h8-12,15-16,24-25,38H,13-14,18H2,1-7H3,(H,34,39)(H,35,40)/t24-,25-/m1/s1. The van der Waals surface area contributed by atoms with E-state index in [2.05, 4.69) is 10.6 Å². The first-order valence-corrected chi connectivity index (χ1v) is 14.4. The van der Waals surface area contributed by atoms with Crippen molar-refractivity contribution in [2.75, 3.05) is 30.4 Å². The SMILES string of the molecule is CNC(=O)c1cccc(N2CCO[C@H]([C@@H](O)C(=O)Nc3ccc(C#N)c(CN(C(=O)OC(C)(C)C)C(=O)OC(C)(C)C)c3)C2=O)c1. The van der Waals surface area contributed by atoms with Gasteiger partial charge in [-0.05, 0) is 83.5 Å². The second kappa shape index (κ2) is 14.4. The van der Waals surface area contributed by atoms with Crippen LogP contribution in [0.25, 0.3) is 0 Å². The highest BCUT2D eigenvalue weighted by Crippen LogP contribution is 2.24. The number of benzene rings is 2. The largest absolute Gasteiger partial charge is 0.443 e. The fraction of sp³-hybridized carbons (Fsp3) is 0.438. The Hall–Kier alpha value is -5.00. The Morgan fingerprint density at radius 2 is 1.70 bits per heavy atom. The van der Waals surface area contributed by atoms with Gasteiger partial charge in [-0.2, -0.15) is 5.26 Å². The van der Waals surface area contributed by atoms with Crippen molar-refractivity contribution in [3.8, 4) is 6.07 Å². The van der Waals surface area contributed by atoms with Crippen LogP contribution in [0, 0.1) is 11.3 Å². The lowest BCUT2D eigenvalue weighted by atomic mass is 10.1. The van der Waals surface area contributed by atoms with E-state index in [1.54, 1.807) is 59.7 Å². The molecule has 3 N–H and O–H groups in total. The lowest BCUT2D eigenvalue weighted by Gasteiger charge is -2.34. The summed E-state index contributed by atoms with van der Waals surface area (Å²) in [5.41, 5.74) is -0.809. The molecule has 2 aromatic carbocycles.